The first-order chi connectivity index (χ1) is 13.8. The van der Waals surface area contributed by atoms with E-state index >= 15 is 0 Å². The molecule has 0 radical (unpaired) electrons. The summed E-state index contributed by atoms with van der Waals surface area (Å²) < 4.78 is 10.9. The zero-order valence-corrected chi connectivity index (χ0v) is 17.3. The highest BCUT2D eigenvalue weighted by Crippen LogP contribution is 2.29. The van der Waals surface area contributed by atoms with E-state index in [1.807, 2.05) is 0 Å². The third-order valence-corrected chi connectivity index (χ3v) is 4.18. The Bertz CT molecular complexity index is 914. The highest BCUT2D eigenvalue weighted by Gasteiger charge is 2.11. The summed E-state index contributed by atoms with van der Waals surface area (Å²) in [7, 11) is 1.50. The molecular weight excluding hydrogens is 396 g/mol. The van der Waals surface area contributed by atoms with E-state index < -0.39 is 0 Å². The summed E-state index contributed by atoms with van der Waals surface area (Å²) in [4.78, 5) is 35.0. The first kappa shape index (κ1) is 22.2. The SMILES string of the molecule is COc1cc(C(C)=O)ccc1OCCCC(=O)Nc1cc(Cl)ccc1NC(C)=O. The molecule has 154 valence electrons. The number of rotatable bonds is 9. The third-order valence-electron chi connectivity index (χ3n) is 3.94. The summed E-state index contributed by atoms with van der Waals surface area (Å²) in [5, 5.41) is 5.83. The van der Waals surface area contributed by atoms with Gasteiger partial charge in [-0.3, -0.25) is 14.4 Å². The first-order valence-corrected chi connectivity index (χ1v) is 9.36. The maximum absolute atomic E-state index is 12.2. The Morgan fingerprint density at radius 1 is 0.966 bits per heavy atom. The van der Waals surface area contributed by atoms with E-state index in [1.165, 1.54) is 21.0 Å². The second kappa shape index (κ2) is 10.5. The molecule has 0 heterocycles. The molecule has 0 fully saturated rings. The van der Waals surface area contributed by atoms with Crippen LogP contribution in [0.1, 0.15) is 37.0 Å². The Hall–Kier alpha value is -3.06. The van der Waals surface area contributed by atoms with Gasteiger partial charge < -0.3 is 20.1 Å². The van der Waals surface area contributed by atoms with E-state index in [9.17, 15) is 14.4 Å². The van der Waals surface area contributed by atoms with Crippen molar-refractivity contribution in [1.82, 2.24) is 0 Å². The zero-order valence-electron chi connectivity index (χ0n) is 16.5. The lowest BCUT2D eigenvalue weighted by molar-refractivity contribution is -0.116. The van der Waals surface area contributed by atoms with Crippen LogP contribution in [0.4, 0.5) is 11.4 Å². The third kappa shape index (κ3) is 6.80. The Kier molecular flexibility index (Phi) is 8.03. The summed E-state index contributed by atoms with van der Waals surface area (Å²) in [6, 6.07) is 9.77. The molecule has 0 bridgehead atoms. The standard InChI is InChI=1S/C21H23ClN2O5/c1-13(25)15-6-9-19(20(11-15)28-3)29-10-4-5-21(27)24-18-12-16(22)7-8-17(18)23-14(2)26/h6-9,11-12H,4-5,10H2,1-3H3,(H,23,26)(H,24,27). The average molecular weight is 419 g/mol. The molecule has 0 unspecified atom stereocenters. The van der Waals surface area contributed by atoms with Crippen molar-refractivity contribution in [1.29, 1.82) is 0 Å². The average Bonchev–Trinajstić information content (AvgIpc) is 2.67. The molecule has 2 aromatic rings. The molecule has 0 aliphatic rings. The number of hydrogen-bond donors (Lipinski definition) is 2. The molecule has 0 aliphatic heterocycles. The zero-order chi connectivity index (χ0) is 21.4. The van der Waals surface area contributed by atoms with Crippen LogP contribution < -0.4 is 20.1 Å². The molecule has 0 saturated carbocycles. The number of ether oxygens (including phenoxy) is 2. The van der Waals surface area contributed by atoms with Gasteiger partial charge in [-0.25, -0.2) is 0 Å². The summed E-state index contributed by atoms with van der Waals surface area (Å²) in [6.07, 6.45) is 0.666. The molecular formula is C21H23ClN2O5. The lowest BCUT2D eigenvalue weighted by atomic mass is 10.1. The van der Waals surface area contributed by atoms with Gasteiger partial charge in [0.1, 0.15) is 0 Å². The number of carbonyl (C=O) groups is 3. The van der Waals surface area contributed by atoms with Crippen molar-refractivity contribution in [2.24, 2.45) is 0 Å². The lowest BCUT2D eigenvalue weighted by Crippen LogP contribution is -2.15. The smallest absolute Gasteiger partial charge is 0.224 e. The number of methoxy groups -OCH3 is 1. The van der Waals surface area contributed by atoms with Crippen molar-refractivity contribution in [3.8, 4) is 11.5 Å². The Labute approximate surface area is 174 Å². The second-order valence-electron chi connectivity index (χ2n) is 6.29. The van der Waals surface area contributed by atoms with Crippen LogP contribution in [-0.4, -0.2) is 31.3 Å². The van der Waals surface area contributed by atoms with Crippen molar-refractivity contribution < 1.29 is 23.9 Å². The topological polar surface area (TPSA) is 93.7 Å². The molecule has 0 atom stereocenters. The minimum atomic E-state index is -0.249. The predicted molar refractivity (Wildman–Crippen MR) is 112 cm³/mol. The molecule has 0 saturated heterocycles. The van der Waals surface area contributed by atoms with E-state index in [1.54, 1.807) is 36.4 Å². The predicted octanol–water partition coefficient (Wildman–Crippen LogP) is 4.31. The monoisotopic (exact) mass is 418 g/mol. The van der Waals surface area contributed by atoms with Crippen molar-refractivity contribution >= 4 is 40.6 Å². The molecule has 0 spiro atoms. The van der Waals surface area contributed by atoms with Crippen molar-refractivity contribution in [3.63, 3.8) is 0 Å². The van der Waals surface area contributed by atoms with Gasteiger partial charge in [0.05, 0.1) is 25.1 Å². The number of nitrogens with one attached hydrogen (secondary N) is 2. The van der Waals surface area contributed by atoms with E-state index in [4.69, 9.17) is 21.1 Å². The number of hydrogen-bond acceptors (Lipinski definition) is 5. The molecule has 2 rings (SSSR count). The van der Waals surface area contributed by atoms with Crippen molar-refractivity contribution in [2.75, 3.05) is 24.4 Å². The van der Waals surface area contributed by atoms with Crippen molar-refractivity contribution in [3.05, 3.63) is 47.0 Å². The van der Waals surface area contributed by atoms with Crippen LogP contribution in [0.15, 0.2) is 36.4 Å². The van der Waals surface area contributed by atoms with Crippen LogP contribution >= 0.6 is 11.6 Å². The molecule has 7 nitrogen and oxygen atoms in total. The van der Waals surface area contributed by atoms with Crippen molar-refractivity contribution in [2.45, 2.75) is 26.7 Å². The summed E-state index contributed by atoms with van der Waals surface area (Å²) >= 11 is 5.97. The van der Waals surface area contributed by atoms with E-state index in [-0.39, 0.29) is 30.6 Å². The molecule has 2 N–H and O–H groups in total. The Morgan fingerprint density at radius 2 is 1.72 bits per heavy atom. The van der Waals surface area contributed by atoms with Crippen LogP contribution in [0.25, 0.3) is 0 Å². The van der Waals surface area contributed by atoms with Crippen LogP contribution in [-0.2, 0) is 9.59 Å². The van der Waals surface area contributed by atoms with Gasteiger partial charge in [-0.15, -0.1) is 0 Å². The highest BCUT2D eigenvalue weighted by molar-refractivity contribution is 6.31. The molecule has 0 aliphatic carbocycles. The maximum atomic E-state index is 12.2. The van der Waals surface area contributed by atoms with Crippen LogP contribution in [0, 0.1) is 0 Å². The molecule has 2 amide bonds. The Morgan fingerprint density at radius 3 is 2.38 bits per heavy atom. The van der Waals surface area contributed by atoms with Gasteiger partial charge in [-0.1, -0.05) is 11.6 Å². The van der Waals surface area contributed by atoms with Crippen LogP contribution in [0.2, 0.25) is 5.02 Å². The fraction of sp³-hybridized carbons (Fsp3) is 0.286. The number of ketones is 1. The lowest BCUT2D eigenvalue weighted by Gasteiger charge is -2.13. The summed E-state index contributed by atoms with van der Waals surface area (Å²) in [5.41, 5.74) is 1.44. The summed E-state index contributed by atoms with van der Waals surface area (Å²) in [6.45, 7) is 3.15. The minimum absolute atomic E-state index is 0.0637. The number of carbonyl (C=O) groups excluding carboxylic acids is 3. The maximum Gasteiger partial charge on any atom is 0.224 e. The largest absolute Gasteiger partial charge is 0.493 e. The quantitative estimate of drug-likeness (QED) is 0.467. The first-order valence-electron chi connectivity index (χ1n) is 8.99. The second-order valence-corrected chi connectivity index (χ2v) is 6.73. The van der Waals surface area contributed by atoms with E-state index in [0.717, 1.165) is 0 Å². The highest BCUT2D eigenvalue weighted by atomic mass is 35.5. The minimum Gasteiger partial charge on any atom is -0.493 e. The number of amides is 2. The van der Waals surface area contributed by atoms with Gasteiger partial charge in [-0.2, -0.15) is 0 Å². The Balaban J connectivity index is 1.89. The van der Waals surface area contributed by atoms with Gasteiger partial charge in [-0.05, 0) is 49.7 Å². The molecule has 2 aromatic carbocycles. The summed E-state index contributed by atoms with van der Waals surface area (Å²) in [5.74, 6) is 0.412. The van der Waals surface area contributed by atoms with E-state index in [0.29, 0.717) is 39.9 Å². The van der Waals surface area contributed by atoms with Gasteiger partial charge in [0, 0.05) is 23.9 Å². The van der Waals surface area contributed by atoms with Crippen LogP contribution in [0.5, 0.6) is 11.5 Å². The molecule has 29 heavy (non-hydrogen) atoms. The number of benzene rings is 2. The number of Topliss-reactive ketones (excluding diaryl/α,β-unsaturated/α-hetero) is 1. The normalized spacial score (nSPS) is 10.2. The fourth-order valence-corrected chi connectivity index (χ4v) is 2.72. The van der Waals surface area contributed by atoms with Gasteiger partial charge >= 0.3 is 0 Å². The van der Waals surface area contributed by atoms with Gasteiger partial charge in [0.2, 0.25) is 11.8 Å². The number of halogens is 1. The van der Waals surface area contributed by atoms with E-state index in [2.05, 4.69) is 10.6 Å². The van der Waals surface area contributed by atoms with Gasteiger partial charge in [0.25, 0.3) is 0 Å². The van der Waals surface area contributed by atoms with Crippen LogP contribution in [0.3, 0.4) is 0 Å². The molecule has 0 aromatic heterocycles. The molecule has 8 heteroatoms. The fourth-order valence-electron chi connectivity index (χ4n) is 2.55. The number of anilines is 2. The van der Waals surface area contributed by atoms with Gasteiger partial charge in [0.15, 0.2) is 17.3 Å².